The molecule has 0 aliphatic carbocycles. The van der Waals surface area contributed by atoms with Crippen molar-refractivity contribution in [2.75, 3.05) is 0 Å². The molecule has 0 aliphatic heterocycles. The highest BCUT2D eigenvalue weighted by Gasteiger charge is 2.10. The topological polar surface area (TPSA) is 36.7 Å². The predicted octanol–water partition coefficient (Wildman–Crippen LogP) is 4.87. The molecule has 0 aliphatic rings. The number of aromatic nitrogens is 1. The molecule has 0 saturated heterocycles. The van der Waals surface area contributed by atoms with Crippen LogP contribution < -0.4 is 0 Å². The summed E-state index contributed by atoms with van der Waals surface area (Å²) in [6, 6.07) is 18.4. The second kappa shape index (κ2) is 5.59. The molecule has 1 aromatic heterocycles. The van der Waals surface area contributed by atoms with Gasteiger partial charge in [0.15, 0.2) is 0 Å². The number of fused-ring (bicyclic) bond motifs is 1. The highest BCUT2D eigenvalue weighted by Crippen LogP contribution is 2.33. The van der Waals surface area contributed by atoms with Crippen molar-refractivity contribution in [2.45, 2.75) is 23.8 Å². The van der Waals surface area contributed by atoms with E-state index in [1.54, 1.807) is 11.8 Å². The SMILES string of the molecule is Cc1ccc(Sc2nc3ccccc3cc2C#N)c(C)c1. The highest BCUT2D eigenvalue weighted by molar-refractivity contribution is 7.99. The number of nitrogens with zero attached hydrogens (tertiary/aromatic N) is 2. The minimum atomic E-state index is 0.624. The van der Waals surface area contributed by atoms with Crippen LogP contribution in [0.25, 0.3) is 10.9 Å². The molecule has 3 aromatic rings. The fourth-order valence-corrected chi connectivity index (χ4v) is 3.20. The van der Waals surface area contributed by atoms with E-state index in [9.17, 15) is 5.26 Å². The Bertz CT molecular complexity index is 863. The first-order valence-corrected chi connectivity index (χ1v) is 7.54. The Balaban J connectivity index is 2.09. The number of aryl methyl sites for hydroxylation is 2. The molecule has 3 rings (SSSR count). The fraction of sp³-hybridized carbons (Fsp3) is 0.111. The van der Waals surface area contributed by atoms with Crippen LogP contribution in [-0.2, 0) is 0 Å². The van der Waals surface area contributed by atoms with E-state index in [1.165, 1.54) is 11.1 Å². The molecule has 0 atom stereocenters. The maximum absolute atomic E-state index is 9.37. The van der Waals surface area contributed by atoms with E-state index >= 15 is 0 Å². The Kier molecular flexibility index (Phi) is 3.64. The molecule has 3 heteroatoms. The first-order valence-electron chi connectivity index (χ1n) is 6.72. The predicted molar refractivity (Wildman–Crippen MR) is 86.5 cm³/mol. The molecule has 2 aromatic carbocycles. The monoisotopic (exact) mass is 290 g/mol. The van der Waals surface area contributed by atoms with Crippen LogP contribution in [-0.4, -0.2) is 4.98 Å². The van der Waals surface area contributed by atoms with Crippen molar-refractivity contribution in [1.29, 1.82) is 5.26 Å². The Morgan fingerprint density at radius 2 is 1.86 bits per heavy atom. The second-order valence-electron chi connectivity index (χ2n) is 5.02. The number of pyridine rings is 1. The van der Waals surface area contributed by atoms with Gasteiger partial charge < -0.3 is 0 Å². The molecule has 0 radical (unpaired) electrons. The molecule has 1 heterocycles. The Labute approximate surface area is 128 Å². The van der Waals surface area contributed by atoms with Crippen LogP contribution in [0.5, 0.6) is 0 Å². The zero-order chi connectivity index (χ0) is 14.8. The number of hydrogen-bond acceptors (Lipinski definition) is 3. The van der Waals surface area contributed by atoms with E-state index < -0.39 is 0 Å². The normalized spacial score (nSPS) is 10.5. The van der Waals surface area contributed by atoms with Gasteiger partial charge in [0.1, 0.15) is 11.1 Å². The summed E-state index contributed by atoms with van der Waals surface area (Å²) >= 11 is 1.56. The van der Waals surface area contributed by atoms with Crippen LogP contribution in [0, 0.1) is 25.2 Å². The highest BCUT2D eigenvalue weighted by atomic mass is 32.2. The van der Waals surface area contributed by atoms with Crippen LogP contribution >= 0.6 is 11.8 Å². The summed E-state index contributed by atoms with van der Waals surface area (Å²) in [5.41, 5.74) is 3.99. The van der Waals surface area contributed by atoms with Gasteiger partial charge in [-0.1, -0.05) is 47.7 Å². The van der Waals surface area contributed by atoms with E-state index in [-0.39, 0.29) is 0 Å². The maximum atomic E-state index is 9.37. The second-order valence-corrected chi connectivity index (χ2v) is 6.05. The standard InChI is InChI=1S/C18H14N2S/c1-12-7-8-17(13(2)9-12)21-18-15(11-19)10-14-5-3-4-6-16(14)20-18/h3-10H,1-2H3. The van der Waals surface area contributed by atoms with Gasteiger partial charge in [-0.15, -0.1) is 0 Å². The lowest BCUT2D eigenvalue weighted by atomic mass is 10.2. The largest absolute Gasteiger partial charge is 0.240 e. The number of para-hydroxylation sites is 1. The maximum Gasteiger partial charge on any atom is 0.119 e. The molecule has 0 fully saturated rings. The van der Waals surface area contributed by atoms with Crippen molar-refractivity contribution in [3.8, 4) is 6.07 Å². The Hall–Kier alpha value is -2.31. The van der Waals surface area contributed by atoms with Gasteiger partial charge in [0.25, 0.3) is 0 Å². The van der Waals surface area contributed by atoms with Crippen molar-refractivity contribution < 1.29 is 0 Å². The fourth-order valence-electron chi connectivity index (χ4n) is 2.27. The number of hydrogen-bond donors (Lipinski definition) is 0. The summed E-state index contributed by atoms with van der Waals surface area (Å²) in [5, 5.41) is 11.1. The molecule has 0 unspecified atom stereocenters. The van der Waals surface area contributed by atoms with Gasteiger partial charge in [-0.3, -0.25) is 0 Å². The van der Waals surface area contributed by atoms with Gasteiger partial charge >= 0.3 is 0 Å². The third-order valence-electron chi connectivity index (χ3n) is 3.35. The third kappa shape index (κ3) is 2.76. The van der Waals surface area contributed by atoms with Gasteiger partial charge in [-0.2, -0.15) is 5.26 Å². The molecule has 0 N–H and O–H groups in total. The van der Waals surface area contributed by atoms with Gasteiger partial charge in [-0.05, 0) is 37.6 Å². The molecule has 0 bridgehead atoms. The van der Waals surface area contributed by atoms with Crippen LogP contribution in [0.2, 0.25) is 0 Å². The van der Waals surface area contributed by atoms with Crippen LogP contribution in [0.3, 0.4) is 0 Å². The molecule has 2 nitrogen and oxygen atoms in total. The first-order chi connectivity index (χ1) is 10.2. The van der Waals surface area contributed by atoms with E-state index in [0.29, 0.717) is 5.56 Å². The molecule has 102 valence electrons. The molecule has 0 saturated carbocycles. The lowest BCUT2D eigenvalue weighted by Gasteiger charge is -2.08. The van der Waals surface area contributed by atoms with Crippen molar-refractivity contribution in [2.24, 2.45) is 0 Å². The van der Waals surface area contributed by atoms with Crippen molar-refractivity contribution in [3.63, 3.8) is 0 Å². The van der Waals surface area contributed by atoms with Gasteiger partial charge in [0.2, 0.25) is 0 Å². The van der Waals surface area contributed by atoms with Crippen LogP contribution in [0.15, 0.2) is 58.5 Å². The summed E-state index contributed by atoms with van der Waals surface area (Å²) in [6.45, 7) is 4.17. The number of benzene rings is 2. The first kappa shape index (κ1) is 13.7. The zero-order valence-electron chi connectivity index (χ0n) is 11.9. The number of rotatable bonds is 2. The van der Waals surface area contributed by atoms with Crippen molar-refractivity contribution in [3.05, 3.63) is 65.2 Å². The summed E-state index contributed by atoms with van der Waals surface area (Å²) < 4.78 is 0. The Morgan fingerprint density at radius 3 is 2.62 bits per heavy atom. The smallest absolute Gasteiger partial charge is 0.119 e. The van der Waals surface area contributed by atoms with Gasteiger partial charge in [0.05, 0.1) is 11.1 Å². The summed E-state index contributed by atoms with van der Waals surface area (Å²) in [4.78, 5) is 5.78. The average Bonchev–Trinajstić information content (AvgIpc) is 2.49. The number of nitriles is 1. The van der Waals surface area contributed by atoms with E-state index in [0.717, 1.165) is 20.8 Å². The van der Waals surface area contributed by atoms with Crippen LogP contribution in [0.1, 0.15) is 16.7 Å². The van der Waals surface area contributed by atoms with Crippen molar-refractivity contribution in [1.82, 2.24) is 4.98 Å². The van der Waals surface area contributed by atoms with Gasteiger partial charge in [-0.25, -0.2) is 4.98 Å². The summed E-state index contributed by atoms with van der Waals surface area (Å²) in [6.07, 6.45) is 0. The molecular weight excluding hydrogens is 276 g/mol. The average molecular weight is 290 g/mol. The minimum absolute atomic E-state index is 0.624. The van der Waals surface area contributed by atoms with E-state index in [2.05, 4.69) is 43.1 Å². The summed E-state index contributed by atoms with van der Waals surface area (Å²) in [5.74, 6) is 0. The third-order valence-corrected chi connectivity index (χ3v) is 4.53. The minimum Gasteiger partial charge on any atom is -0.240 e. The summed E-state index contributed by atoms with van der Waals surface area (Å²) in [7, 11) is 0. The Morgan fingerprint density at radius 1 is 1.05 bits per heavy atom. The molecule has 0 amide bonds. The lowest BCUT2D eigenvalue weighted by molar-refractivity contribution is 1.15. The van der Waals surface area contributed by atoms with Crippen molar-refractivity contribution >= 4 is 22.7 Å². The van der Waals surface area contributed by atoms with Gasteiger partial charge in [0, 0.05) is 10.3 Å². The molecule has 0 spiro atoms. The quantitative estimate of drug-likeness (QED) is 0.675. The molecule has 21 heavy (non-hydrogen) atoms. The molecular formula is C18H14N2S. The van der Waals surface area contributed by atoms with Crippen LogP contribution in [0.4, 0.5) is 0 Å². The van der Waals surface area contributed by atoms with E-state index in [1.807, 2.05) is 30.3 Å². The lowest BCUT2D eigenvalue weighted by Crippen LogP contribution is -1.90. The van der Waals surface area contributed by atoms with E-state index in [4.69, 9.17) is 0 Å². The zero-order valence-corrected chi connectivity index (χ0v) is 12.7.